The van der Waals surface area contributed by atoms with Gasteiger partial charge in [-0.25, -0.2) is 4.79 Å². The summed E-state index contributed by atoms with van der Waals surface area (Å²) in [7, 11) is 0. The van der Waals surface area contributed by atoms with Crippen molar-refractivity contribution >= 4 is 35.9 Å². The molecular weight excluding hydrogens is 234 g/mol. The first-order valence-corrected chi connectivity index (χ1v) is 7.26. The molecule has 0 fully saturated rings. The first-order chi connectivity index (χ1) is 7.22. The standard InChI is InChI=1S/C9H17NO3S2/c1-14-4-2-5-15-6-3-8(9(12)13)10-7-11/h7-8H,2-6H2,1H3,(H,10,11)(H,12,13). The van der Waals surface area contributed by atoms with Crippen LogP contribution in [0.5, 0.6) is 0 Å². The Morgan fingerprint density at radius 1 is 1.47 bits per heavy atom. The number of carbonyl (C=O) groups excluding carboxylic acids is 1. The van der Waals surface area contributed by atoms with Crippen LogP contribution in [-0.2, 0) is 9.59 Å². The Morgan fingerprint density at radius 3 is 2.73 bits per heavy atom. The third kappa shape index (κ3) is 8.62. The van der Waals surface area contributed by atoms with Gasteiger partial charge in [0.15, 0.2) is 0 Å². The quantitative estimate of drug-likeness (QED) is 0.449. The maximum atomic E-state index is 10.6. The van der Waals surface area contributed by atoms with Crippen molar-refractivity contribution in [1.82, 2.24) is 5.32 Å². The Kier molecular flexibility index (Phi) is 9.92. The Balaban J connectivity index is 3.45. The summed E-state index contributed by atoms with van der Waals surface area (Å²) >= 11 is 3.55. The largest absolute Gasteiger partial charge is 0.480 e. The summed E-state index contributed by atoms with van der Waals surface area (Å²) in [5.41, 5.74) is 0. The molecule has 88 valence electrons. The van der Waals surface area contributed by atoms with Crippen LogP contribution in [-0.4, -0.2) is 47.0 Å². The number of thioether (sulfide) groups is 2. The second kappa shape index (κ2) is 10.2. The third-order valence-electron chi connectivity index (χ3n) is 1.76. The molecule has 0 saturated heterocycles. The molecule has 0 aliphatic heterocycles. The van der Waals surface area contributed by atoms with Gasteiger partial charge in [0.1, 0.15) is 6.04 Å². The van der Waals surface area contributed by atoms with Gasteiger partial charge in [-0.15, -0.1) is 0 Å². The van der Waals surface area contributed by atoms with E-state index in [0.29, 0.717) is 12.8 Å². The van der Waals surface area contributed by atoms with Crippen LogP contribution in [0.1, 0.15) is 12.8 Å². The fraction of sp³-hybridized carbons (Fsp3) is 0.778. The summed E-state index contributed by atoms with van der Waals surface area (Å²) in [5, 5.41) is 11.0. The van der Waals surface area contributed by atoms with E-state index in [2.05, 4.69) is 11.6 Å². The second-order valence-corrected chi connectivity index (χ2v) is 5.13. The zero-order chi connectivity index (χ0) is 11.5. The van der Waals surface area contributed by atoms with Crippen molar-refractivity contribution in [3.05, 3.63) is 0 Å². The van der Waals surface area contributed by atoms with Gasteiger partial charge in [-0.2, -0.15) is 23.5 Å². The monoisotopic (exact) mass is 251 g/mol. The molecule has 0 rings (SSSR count). The fourth-order valence-corrected chi connectivity index (χ4v) is 2.54. The summed E-state index contributed by atoms with van der Waals surface area (Å²) in [5.74, 6) is 1.99. The van der Waals surface area contributed by atoms with Crippen LogP contribution in [0.25, 0.3) is 0 Å². The minimum absolute atomic E-state index is 0.442. The van der Waals surface area contributed by atoms with E-state index in [9.17, 15) is 9.59 Å². The molecule has 0 heterocycles. The molecule has 2 N–H and O–H groups in total. The van der Waals surface area contributed by atoms with E-state index in [0.717, 1.165) is 23.7 Å². The van der Waals surface area contributed by atoms with Gasteiger partial charge in [0.2, 0.25) is 6.41 Å². The fourth-order valence-electron chi connectivity index (χ4n) is 0.969. The maximum Gasteiger partial charge on any atom is 0.326 e. The average Bonchev–Trinajstić information content (AvgIpc) is 2.21. The van der Waals surface area contributed by atoms with Crippen molar-refractivity contribution in [2.75, 3.05) is 23.5 Å². The van der Waals surface area contributed by atoms with E-state index in [4.69, 9.17) is 5.11 Å². The molecule has 0 spiro atoms. The summed E-state index contributed by atoms with van der Waals surface area (Å²) < 4.78 is 0. The number of hydrogen-bond acceptors (Lipinski definition) is 4. The molecule has 1 atom stereocenters. The molecule has 0 aromatic rings. The molecule has 6 heteroatoms. The highest BCUT2D eigenvalue weighted by Crippen LogP contribution is 2.08. The molecule has 0 bridgehead atoms. The van der Waals surface area contributed by atoms with E-state index in [-0.39, 0.29) is 0 Å². The van der Waals surface area contributed by atoms with Crippen molar-refractivity contribution in [3.63, 3.8) is 0 Å². The molecule has 0 saturated carbocycles. The van der Waals surface area contributed by atoms with E-state index in [1.54, 1.807) is 11.8 Å². The Morgan fingerprint density at radius 2 is 2.20 bits per heavy atom. The Hall–Kier alpha value is -0.360. The highest BCUT2D eigenvalue weighted by atomic mass is 32.2. The first-order valence-electron chi connectivity index (χ1n) is 4.71. The van der Waals surface area contributed by atoms with Crippen molar-refractivity contribution in [1.29, 1.82) is 0 Å². The van der Waals surface area contributed by atoms with Gasteiger partial charge in [-0.3, -0.25) is 4.79 Å². The zero-order valence-corrected chi connectivity index (χ0v) is 10.4. The van der Waals surface area contributed by atoms with Crippen molar-refractivity contribution < 1.29 is 14.7 Å². The predicted octanol–water partition coefficient (Wildman–Crippen LogP) is 1.06. The number of carbonyl (C=O) groups is 2. The van der Waals surface area contributed by atoms with Gasteiger partial charge in [0.05, 0.1) is 0 Å². The van der Waals surface area contributed by atoms with E-state index in [1.165, 1.54) is 0 Å². The lowest BCUT2D eigenvalue weighted by Crippen LogP contribution is -2.36. The van der Waals surface area contributed by atoms with Crippen LogP contribution in [0.4, 0.5) is 0 Å². The maximum absolute atomic E-state index is 10.6. The van der Waals surface area contributed by atoms with Gasteiger partial charge in [0, 0.05) is 0 Å². The molecular formula is C9H17NO3S2. The second-order valence-electron chi connectivity index (χ2n) is 2.92. The van der Waals surface area contributed by atoms with Crippen molar-refractivity contribution in [2.24, 2.45) is 0 Å². The predicted molar refractivity (Wildman–Crippen MR) is 65.6 cm³/mol. The SMILES string of the molecule is CSCCCSCCC(NC=O)C(=O)O. The molecule has 4 nitrogen and oxygen atoms in total. The van der Waals surface area contributed by atoms with Gasteiger partial charge < -0.3 is 10.4 Å². The number of carboxylic acids is 1. The minimum atomic E-state index is -0.966. The summed E-state index contributed by atoms with van der Waals surface area (Å²) in [4.78, 5) is 20.7. The number of nitrogens with one attached hydrogen (secondary N) is 1. The van der Waals surface area contributed by atoms with Gasteiger partial charge in [-0.05, 0) is 36.4 Å². The number of aliphatic carboxylic acids is 1. The van der Waals surface area contributed by atoms with Crippen LogP contribution < -0.4 is 5.32 Å². The normalized spacial score (nSPS) is 12.1. The number of rotatable bonds is 10. The minimum Gasteiger partial charge on any atom is -0.480 e. The van der Waals surface area contributed by atoms with Gasteiger partial charge >= 0.3 is 5.97 Å². The molecule has 15 heavy (non-hydrogen) atoms. The summed E-state index contributed by atoms with van der Waals surface area (Å²) in [6.07, 6.45) is 4.14. The van der Waals surface area contributed by atoms with E-state index < -0.39 is 12.0 Å². The van der Waals surface area contributed by atoms with Crippen LogP contribution in [0.15, 0.2) is 0 Å². The lowest BCUT2D eigenvalue weighted by molar-refractivity contribution is -0.140. The molecule has 0 aromatic heterocycles. The van der Waals surface area contributed by atoms with Crippen LogP contribution in [0.3, 0.4) is 0 Å². The zero-order valence-electron chi connectivity index (χ0n) is 8.77. The highest BCUT2D eigenvalue weighted by Gasteiger charge is 2.14. The molecule has 0 radical (unpaired) electrons. The molecule has 1 unspecified atom stereocenters. The molecule has 0 aromatic carbocycles. The topological polar surface area (TPSA) is 66.4 Å². The highest BCUT2D eigenvalue weighted by molar-refractivity contribution is 7.99. The van der Waals surface area contributed by atoms with E-state index >= 15 is 0 Å². The number of hydrogen-bond donors (Lipinski definition) is 2. The van der Waals surface area contributed by atoms with Crippen LogP contribution >= 0.6 is 23.5 Å². The molecule has 0 aliphatic carbocycles. The lowest BCUT2D eigenvalue weighted by Gasteiger charge is -2.10. The van der Waals surface area contributed by atoms with Crippen LogP contribution in [0.2, 0.25) is 0 Å². The van der Waals surface area contributed by atoms with Gasteiger partial charge in [-0.1, -0.05) is 0 Å². The summed E-state index contributed by atoms with van der Waals surface area (Å²) in [6, 6.07) is -0.740. The first kappa shape index (κ1) is 14.6. The third-order valence-corrected chi connectivity index (χ3v) is 3.55. The number of carboxylic acid groups (broad SMARTS) is 1. The Labute approximate surface area is 98.6 Å². The lowest BCUT2D eigenvalue weighted by atomic mass is 10.2. The molecule has 0 aliphatic rings. The van der Waals surface area contributed by atoms with Crippen molar-refractivity contribution in [3.8, 4) is 0 Å². The molecule has 1 amide bonds. The Bertz CT molecular complexity index is 190. The smallest absolute Gasteiger partial charge is 0.326 e. The van der Waals surface area contributed by atoms with E-state index in [1.807, 2.05) is 11.8 Å². The number of amides is 1. The van der Waals surface area contributed by atoms with Crippen molar-refractivity contribution in [2.45, 2.75) is 18.9 Å². The van der Waals surface area contributed by atoms with Crippen LogP contribution in [0, 0.1) is 0 Å². The summed E-state index contributed by atoms with van der Waals surface area (Å²) in [6.45, 7) is 0. The average molecular weight is 251 g/mol. The van der Waals surface area contributed by atoms with Gasteiger partial charge in [0.25, 0.3) is 0 Å².